The van der Waals surface area contributed by atoms with Crippen LogP contribution in [0.3, 0.4) is 0 Å². The molecule has 1 aliphatic heterocycles. The molecule has 16 heavy (non-hydrogen) atoms. The van der Waals surface area contributed by atoms with Crippen molar-refractivity contribution in [2.24, 2.45) is 7.05 Å². The van der Waals surface area contributed by atoms with E-state index in [-0.39, 0.29) is 11.9 Å². The lowest BCUT2D eigenvalue weighted by atomic mass is 10.1. The fraction of sp³-hybridized carbons (Fsp3) is 0.636. The van der Waals surface area contributed by atoms with Gasteiger partial charge >= 0.3 is 0 Å². The number of hydrogen-bond donors (Lipinski definition) is 0. The summed E-state index contributed by atoms with van der Waals surface area (Å²) in [4.78, 5) is 14.4. The SMILES string of the molecule is CCN1CCOC(C(=O)c2ccnn2C)C1. The van der Waals surface area contributed by atoms with Gasteiger partial charge in [0.05, 0.1) is 6.61 Å². The molecule has 1 aromatic rings. The van der Waals surface area contributed by atoms with Gasteiger partial charge in [-0.2, -0.15) is 5.10 Å². The van der Waals surface area contributed by atoms with Gasteiger partial charge in [-0.25, -0.2) is 0 Å². The molecule has 0 amide bonds. The molecule has 0 N–H and O–H groups in total. The minimum Gasteiger partial charge on any atom is -0.367 e. The number of rotatable bonds is 3. The van der Waals surface area contributed by atoms with Gasteiger partial charge in [-0.3, -0.25) is 14.4 Å². The highest BCUT2D eigenvalue weighted by Crippen LogP contribution is 2.11. The van der Waals surface area contributed by atoms with Crippen LogP contribution in [0.5, 0.6) is 0 Å². The zero-order chi connectivity index (χ0) is 11.5. The summed E-state index contributed by atoms with van der Waals surface area (Å²) >= 11 is 0. The van der Waals surface area contributed by atoms with Gasteiger partial charge in [0, 0.05) is 26.3 Å². The number of ether oxygens (including phenoxy) is 1. The Hall–Kier alpha value is -1.20. The second-order valence-corrected chi connectivity index (χ2v) is 3.96. The molecule has 1 fully saturated rings. The number of morpholine rings is 1. The number of likely N-dealkylation sites (N-methyl/N-ethyl adjacent to an activating group) is 1. The molecule has 5 nitrogen and oxygen atoms in total. The van der Waals surface area contributed by atoms with Gasteiger partial charge in [0.1, 0.15) is 11.8 Å². The first-order valence-electron chi connectivity index (χ1n) is 5.58. The lowest BCUT2D eigenvalue weighted by molar-refractivity contribution is -0.0153. The van der Waals surface area contributed by atoms with Gasteiger partial charge in [0.25, 0.3) is 0 Å². The van der Waals surface area contributed by atoms with Crippen LogP contribution in [0.25, 0.3) is 0 Å². The molecule has 0 saturated carbocycles. The maximum atomic E-state index is 12.1. The van der Waals surface area contributed by atoms with Crippen molar-refractivity contribution in [1.82, 2.24) is 14.7 Å². The zero-order valence-corrected chi connectivity index (χ0v) is 9.72. The zero-order valence-electron chi connectivity index (χ0n) is 9.72. The van der Waals surface area contributed by atoms with Crippen molar-refractivity contribution in [3.63, 3.8) is 0 Å². The number of aryl methyl sites for hydroxylation is 1. The van der Waals surface area contributed by atoms with Crippen LogP contribution >= 0.6 is 0 Å². The lowest BCUT2D eigenvalue weighted by Crippen LogP contribution is -2.46. The monoisotopic (exact) mass is 223 g/mol. The van der Waals surface area contributed by atoms with Crippen molar-refractivity contribution in [3.8, 4) is 0 Å². The third-order valence-electron chi connectivity index (χ3n) is 2.96. The van der Waals surface area contributed by atoms with E-state index in [0.717, 1.165) is 13.1 Å². The Morgan fingerprint density at radius 1 is 1.69 bits per heavy atom. The van der Waals surface area contributed by atoms with Gasteiger partial charge in [-0.1, -0.05) is 6.92 Å². The van der Waals surface area contributed by atoms with Crippen LogP contribution < -0.4 is 0 Å². The Bertz CT molecular complexity index is 375. The first-order chi connectivity index (χ1) is 7.72. The highest BCUT2D eigenvalue weighted by molar-refractivity contribution is 5.98. The lowest BCUT2D eigenvalue weighted by Gasteiger charge is -2.31. The molecule has 1 unspecified atom stereocenters. The van der Waals surface area contributed by atoms with Crippen LogP contribution in [0.2, 0.25) is 0 Å². The summed E-state index contributed by atoms with van der Waals surface area (Å²) in [6.07, 6.45) is 1.29. The summed E-state index contributed by atoms with van der Waals surface area (Å²) in [7, 11) is 1.77. The average Bonchev–Trinajstić information content (AvgIpc) is 2.74. The highest BCUT2D eigenvalue weighted by atomic mass is 16.5. The second kappa shape index (κ2) is 4.76. The van der Waals surface area contributed by atoms with Crippen LogP contribution in [0.1, 0.15) is 17.4 Å². The summed E-state index contributed by atoms with van der Waals surface area (Å²) in [5.74, 6) is 0.0261. The van der Waals surface area contributed by atoms with Crippen molar-refractivity contribution >= 4 is 5.78 Å². The maximum absolute atomic E-state index is 12.1. The molecule has 88 valence electrons. The summed E-state index contributed by atoms with van der Waals surface area (Å²) in [6, 6.07) is 1.73. The summed E-state index contributed by atoms with van der Waals surface area (Å²) in [5, 5.41) is 4.00. The molecule has 1 aromatic heterocycles. The summed E-state index contributed by atoms with van der Waals surface area (Å²) in [6.45, 7) is 5.27. The minimum absolute atomic E-state index is 0.0261. The van der Waals surface area contributed by atoms with E-state index < -0.39 is 0 Å². The van der Waals surface area contributed by atoms with Crippen molar-refractivity contribution in [1.29, 1.82) is 0 Å². The first kappa shape index (κ1) is 11.3. The van der Waals surface area contributed by atoms with Crippen molar-refractivity contribution < 1.29 is 9.53 Å². The highest BCUT2D eigenvalue weighted by Gasteiger charge is 2.28. The average molecular weight is 223 g/mol. The van der Waals surface area contributed by atoms with Crippen LogP contribution in [-0.4, -0.2) is 52.8 Å². The van der Waals surface area contributed by atoms with Crippen LogP contribution in [0.15, 0.2) is 12.3 Å². The third-order valence-corrected chi connectivity index (χ3v) is 2.96. The van der Waals surface area contributed by atoms with E-state index in [1.54, 1.807) is 24.0 Å². The van der Waals surface area contributed by atoms with Gasteiger partial charge in [0.15, 0.2) is 0 Å². The molecule has 2 rings (SSSR count). The molecule has 0 radical (unpaired) electrons. The molecule has 0 bridgehead atoms. The fourth-order valence-electron chi connectivity index (χ4n) is 1.93. The molecule has 1 aliphatic rings. The Balaban J connectivity index is 2.07. The molecule has 5 heteroatoms. The Morgan fingerprint density at radius 3 is 3.12 bits per heavy atom. The Kier molecular flexibility index (Phi) is 3.36. The van der Waals surface area contributed by atoms with Gasteiger partial charge in [-0.15, -0.1) is 0 Å². The van der Waals surface area contributed by atoms with Crippen molar-refractivity contribution in [2.75, 3.05) is 26.2 Å². The number of hydrogen-bond acceptors (Lipinski definition) is 4. The van der Waals surface area contributed by atoms with Gasteiger partial charge in [0.2, 0.25) is 5.78 Å². The van der Waals surface area contributed by atoms with E-state index in [0.29, 0.717) is 18.8 Å². The van der Waals surface area contributed by atoms with Gasteiger partial charge in [-0.05, 0) is 12.6 Å². The number of aromatic nitrogens is 2. The van der Waals surface area contributed by atoms with E-state index in [9.17, 15) is 4.79 Å². The number of nitrogens with zero attached hydrogens (tertiary/aromatic N) is 3. The smallest absolute Gasteiger partial charge is 0.210 e. The molecule has 2 heterocycles. The van der Waals surface area contributed by atoms with Crippen LogP contribution in [0, 0.1) is 0 Å². The predicted octanol–water partition coefficient (Wildman–Crippen LogP) is 0.323. The quantitative estimate of drug-likeness (QED) is 0.693. The number of carbonyl (C=O) groups excluding carboxylic acids is 1. The molecular formula is C11H17N3O2. The van der Waals surface area contributed by atoms with E-state index in [2.05, 4.69) is 16.9 Å². The van der Waals surface area contributed by atoms with E-state index >= 15 is 0 Å². The summed E-state index contributed by atoms with van der Waals surface area (Å²) in [5.41, 5.74) is 0.614. The molecule has 0 spiro atoms. The number of ketones is 1. The predicted molar refractivity (Wildman–Crippen MR) is 59.4 cm³/mol. The van der Waals surface area contributed by atoms with Crippen molar-refractivity contribution in [3.05, 3.63) is 18.0 Å². The molecule has 0 aliphatic carbocycles. The number of Topliss-reactive ketones (excluding diaryl/α,β-unsaturated/α-hetero) is 1. The normalized spacial score (nSPS) is 22.2. The molecule has 1 saturated heterocycles. The summed E-state index contributed by atoms with van der Waals surface area (Å²) < 4.78 is 7.11. The Morgan fingerprint density at radius 2 is 2.50 bits per heavy atom. The first-order valence-corrected chi connectivity index (χ1v) is 5.58. The topological polar surface area (TPSA) is 47.4 Å². The van der Waals surface area contributed by atoms with E-state index in [4.69, 9.17) is 4.74 Å². The third kappa shape index (κ3) is 2.15. The minimum atomic E-state index is -0.343. The van der Waals surface area contributed by atoms with Crippen molar-refractivity contribution in [2.45, 2.75) is 13.0 Å². The maximum Gasteiger partial charge on any atom is 0.210 e. The standard InChI is InChI=1S/C11H17N3O2/c1-3-14-6-7-16-10(8-14)11(15)9-4-5-12-13(9)2/h4-5,10H,3,6-8H2,1-2H3. The van der Waals surface area contributed by atoms with Crippen LogP contribution in [0.4, 0.5) is 0 Å². The van der Waals surface area contributed by atoms with Crippen LogP contribution in [-0.2, 0) is 11.8 Å². The fourth-order valence-corrected chi connectivity index (χ4v) is 1.93. The van der Waals surface area contributed by atoms with E-state index in [1.807, 2.05) is 0 Å². The molecule has 0 aromatic carbocycles. The van der Waals surface area contributed by atoms with E-state index in [1.165, 1.54) is 0 Å². The number of carbonyl (C=O) groups is 1. The molecule has 1 atom stereocenters. The second-order valence-electron chi connectivity index (χ2n) is 3.96. The molecular weight excluding hydrogens is 206 g/mol. The van der Waals surface area contributed by atoms with Gasteiger partial charge < -0.3 is 4.74 Å². The largest absolute Gasteiger partial charge is 0.367 e. The Labute approximate surface area is 95.0 Å².